The van der Waals surface area contributed by atoms with Crippen molar-refractivity contribution >= 4 is 13.2 Å². The van der Waals surface area contributed by atoms with Crippen molar-refractivity contribution in [3.05, 3.63) is 17.0 Å². The lowest BCUT2D eigenvalue weighted by molar-refractivity contribution is 0.883. The largest absolute Gasteiger partial charge is 0.334 e. The van der Waals surface area contributed by atoms with Crippen LogP contribution in [-0.4, -0.2) is 9.55 Å². The Morgan fingerprint density at radius 3 is 2.38 bits per heavy atom. The molecule has 0 saturated heterocycles. The molecule has 0 aliphatic carbocycles. The lowest BCUT2D eigenvalue weighted by atomic mass is 10.6. The summed E-state index contributed by atoms with van der Waals surface area (Å²) in [5.41, 5.74) is 0. The van der Waals surface area contributed by atoms with Crippen molar-refractivity contribution < 1.29 is 0 Å². The summed E-state index contributed by atoms with van der Waals surface area (Å²) in [6.45, 7) is 7.36. The van der Waals surface area contributed by atoms with Crippen LogP contribution >= 0.6 is 0 Å². The van der Waals surface area contributed by atoms with Gasteiger partial charge in [-0.05, 0) is 0 Å². The molecule has 1 aromatic rings. The molecular formula is C6H8N2. The molecule has 0 saturated carbocycles. The molecule has 2 nitrogen and oxygen atoms in total. The van der Waals surface area contributed by atoms with E-state index in [1.807, 2.05) is 11.6 Å². The summed E-state index contributed by atoms with van der Waals surface area (Å²) in [4.78, 5) is 3.91. The molecule has 8 heavy (non-hydrogen) atoms. The number of imidazole rings is 1. The fraction of sp³-hybridized carbons (Fsp3) is 0.167. The third kappa shape index (κ3) is 0.541. The second kappa shape index (κ2) is 1.47. The zero-order valence-electron chi connectivity index (χ0n) is 4.89. The molecule has 0 fully saturated rings. The van der Waals surface area contributed by atoms with Crippen molar-refractivity contribution in [3.8, 4) is 0 Å². The molecule has 0 unspecified atom stereocenters. The maximum Gasteiger partial charge on any atom is 0.0955 e. The summed E-state index contributed by atoms with van der Waals surface area (Å²) in [5, 5.41) is 1.64. The molecule has 0 amide bonds. The average molecular weight is 108 g/mol. The maximum atomic E-state index is 3.91. The zero-order chi connectivity index (χ0) is 6.15. The third-order valence-corrected chi connectivity index (χ3v) is 1.15. The first kappa shape index (κ1) is 5.09. The van der Waals surface area contributed by atoms with E-state index in [0.717, 1.165) is 10.7 Å². The van der Waals surface area contributed by atoms with Gasteiger partial charge in [-0.3, -0.25) is 0 Å². The number of nitrogens with zero attached hydrogens (tertiary/aromatic N) is 2. The Morgan fingerprint density at radius 1 is 1.62 bits per heavy atom. The van der Waals surface area contributed by atoms with Crippen molar-refractivity contribution in [2.75, 3.05) is 0 Å². The lowest BCUT2D eigenvalue weighted by Crippen LogP contribution is -2.25. The van der Waals surface area contributed by atoms with Gasteiger partial charge in [0, 0.05) is 7.05 Å². The molecular weight excluding hydrogens is 100 g/mol. The van der Waals surface area contributed by atoms with Crippen LogP contribution in [0.3, 0.4) is 0 Å². The molecule has 1 rings (SSSR count). The van der Waals surface area contributed by atoms with Gasteiger partial charge in [0.2, 0.25) is 0 Å². The quantitative estimate of drug-likeness (QED) is 0.427. The molecule has 2 heteroatoms. The van der Waals surface area contributed by atoms with Crippen LogP contribution < -0.4 is 10.7 Å². The molecule has 1 heterocycles. The predicted octanol–water partition coefficient (Wildman–Crippen LogP) is -0.759. The average Bonchev–Trinajstić information content (AvgIpc) is 1.98. The van der Waals surface area contributed by atoms with Gasteiger partial charge in [-0.2, -0.15) is 0 Å². The molecule has 0 N–H and O–H groups in total. The van der Waals surface area contributed by atoms with E-state index in [0.29, 0.717) is 0 Å². The number of aromatic nitrogens is 2. The van der Waals surface area contributed by atoms with Crippen molar-refractivity contribution in [1.82, 2.24) is 9.55 Å². The van der Waals surface area contributed by atoms with Gasteiger partial charge < -0.3 is 4.57 Å². The summed E-state index contributed by atoms with van der Waals surface area (Å²) in [6.07, 6.45) is 1.70. The summed E-state index contributed by atoms with van der Waals surface area (Å²) in [5.74, 6) is 0. The van der Waals surface area contributed by atoms with Crippen LogP contribution in [-0.2, 0) is 7.05 Å². The maximum absolute atomic E-state index is 3.91. The van der Waals surface area contributed by atoms with Gasteiger partial charge in [0.1, 0.15) is 0 Å². The Labute approximate surface area is 47.8 Å². The minimum Gasteiger partial charge on any atom is -0.334 e. The van der Waals surface area contributed by atoms with Crippen LogP contribution in [0.15, 0.2) is 6.33 Å². The van der Waals surface area contributed by atoms with Crippen LogP contribution in [0.4, 0.5) is 0 Å². The normalized spacial score (nSPS) is 9.62. The first-order chi connectivity index (χ1) is 3.72. The van der Waals surface area contributed by atoms with Crippen molar-refractivity contribution in [3.63, 3.8) is 0 Å². The number of hydrogen-bond acceptors (Lipinski definition) is 1. The highest BCUT2D eigenvalue weighted by Crippen LogP contribution is 1.56. The van der Waals surface area contributed by atoms with Crippen LogP contribution in [0.2, 0.25) is 0 Å². The van der Waals surface area contributed by atoms with Crippen LogP contribution in [0.5, 0.6) is 0 Å². The summed E-state index contributed by atoms with van der Waals surface area (Å²) >= 11 is 0. The first-order valence-electron chi connectivity index (χ1n) is 2.37. The highest BCUT2D eigenvalue weighted by atomic mass is 15.0. The Kier molecular flexibility index (Phi) is 0.938. The van der Waals surface area contributed by atoms with E-state index in [2.05, 4.69) is 18.1 Å². The van der Waals surface area contributed by atoms with Gasteiger partial charge in [-0.15, -0.1) is 0 Å². The van der Waals surface area contributed by atoms with E-state index >= 15 is 0 Å². The molecule has 0 radical (unpaired) electrons. The molecule has 42 valence electrons. The smallest absolute Gasteiger partial charge is 0.0955 e. The number of rotatable bonds is 0. The molecule has 0 spiro atoms. The highest BCUT2D eigenvalue weighted by molar-refractivity contribution is 5.02. The van der Waals surface area contributed by atoms with Crippen LogP contribution in [0.25, 0.3) is 13.2 Å². The Hall–Kier alpha value is -1.05. The van der Waals surface area contributed by atoms with Gasteiger partial charge in [0.15, 0.2) is 0 Å². The van der Waals surface area contributed by atoms with Gasteiger partial charge in [0.25, 0.3) is 0 Å². The third-order valence-electron chi connectivity index (χ3n) is 1.15. The molecule has 0 atom stereocenters. The summed E-state index contributed by atoms with van der Waals surface area (Å²) < 4.78 is 1.84. The first-order valence-corrected chi connectivity index (χ1v) is 2.37. The van der Waals surface area contributed by atoms with Crippen LogP contribution in [0, 0.1) is 0 Å². The zero-order valence-corrected chi connectivity index (χ0v) is 4.89. The van der Waals surface area contributed by atoms with Gasteiger partial charge in [0.05, 0.1) is 17.0 Å². The molecule has 0 aliphatic rings. The van der Waals surface area contributed by atoms with Crippen molar-refractivity contribution in [2.24, 2.45) is 7.05 Å². The second-order valence-electron chi connectivity index (χ2n) is 1.75. The SMILES string of the molecule is C=c1ncn(C)c1=C. The van der Waals surface area contributed by atoms with Gasteiger partial charge in [-0.25, -0.2) is 4.98 Å². The van der Waals surface area contributed by atoms with Gasteiger partial charge in [-0.1, -0.05) is 13.2 Å². The van der Waals surface area contributed by atoms with Crippen molar-refractivity contribution in [1.29, 1.82) is 0 Å². The molecule has 0 bridgehead atoms. The summed E-state index contributed by atoms with van der Waals surface area (Å²) in [6, 6.07) is 0. The fourth-order valence-corrected chi connectivity index (χ4v) is 0.504. The standard InChI is InChI=1S/C6H8N2/c1-5-6(2)8(3)4-7-5/h4H,1-2H2,3H3. The minimum absolute atomic E-state index is 0.757. The lowest BCUT2D eigenvalue weighted by Gasteiger charge is -1.81. The number of aryl methyl sites for hydroxylation is 1. The van der Waals surface area contributed by atoms with E-state index < -0.39 is 0 Å². The Balaban J connectivity index is 3.66. The summed E-state index contributed by atoms with van der Waals surface area (Å²) in [7, 11) is 1.89. The topological polar surface area (TPSA) is 17.8 Å². The monoisotopic (exact) mass is 108 g/mol. The van der Waals surface area contributed by atoms with E-state index in [4.69, 9.17) is 0 Å². The molecule has 0 aliphatic heterocycles. The van der Waals surface area contributed by atoms with Gasteiger partial charge >= 0.3 is 0 Å². The highest BCUT2D eigenvalue weighted by Gasteiger charge is 1.82. The fourth-order valence-electron chi connectivity index (χ4n) is 0.504. The van der Waals surface area contributed by atoms with Crippen LogP contribution in [0.1, 0.15) is 0 Å². The molecule has 0 aromatic carbocycles. The predicted molar refractivity (Wildman–Crippen MR) is 33.5 cm³/mol. The Bertz CT molecular complexity index is 271. The van der Waals surface area contributed by atoms with E-state index in [1.165, 1.54) is 0 Å². The van der Waals surface area contributed by atoms with E-state index in [1.54, 1.807) is 6.33 Å². The minimum atomic E-state index is 0.757. The van der Waals surface area contributed by atoms with E-state index in [-0.39, 0.29) is 0 Å². The molecule has 1 aromatic heterocycles. The number of hydrogen-bond donors (Lipinski definition) is 0. The van der Waals surface area contributed by atoms with Crippen molar-refractivity contribution in [2.45, 2.75) is 0 Å². The van der Waals surface area contributed by atoms with E-state index in [9.17, 15) is 0 Å². The Morgan fingerprint density at radius 2 is 2.25 bits per heavy atom. The second-order valence-corrected chi connectivity index (χ2v) is 1.75.